The summed E-state index contributed by atoms with van der Waals surface area (Å²) in [7, 11) is 2.12. The molecule has 18 heavy (non-hydrogen) atoms. The molecule has 1 aliphatic heterocycles. The van der Waals surface area contributed by atoms with Crippen molar-refractivity contribution in [2.45, 2.75) is 57.3 Å². The summed E-state index contributed by atoms with van der Waals surface area (Å²) in [5.74, 6) is 1.24. The van der Waals surface area contributed by atoms with Gasteiger partial charge in [-0.25, -0.2) is 4.98 Å². The van der Waals surface area contributed by atoms with Crippen molar-refractivity contribution >= 4 is 0 Å². The molecule has 2 aliphatic rings. The largest absolute Gasteiger partial charge is 0.333 e. The van der Waals surface area contributed by atoms with E-state index in [1.54, 1.807) is 0 Å². The molecule has 0 radical (unpaired) electrons. The zero-order chi connectivity index (χ0) is 12.4. The van der Waals surface area contributed by atoms with Gasteiger partial charge in [0.15, 0.2) is 0 Å². The number of aromatic nitrogens is 2. The highest BCUT2D eigenvalue weighted by Crippen LogP contribution is 2.25. The molecule has 0 amide bonds. The molecule has 1 N–H and O–H groups in total. The van der Waals surface area contributed by atoms with Crippen molar-refractivity contribution in [3.8, 4) is 0 Å². The second kappa shape index (κ2) is 5.41. The minimum Gasteiger partial charge on any atom is -0.333 e. The Morgan fingerprint density at radius 1 is 1.22 bits per heavy atom. The number of rotatable bonds is 2. The lowest BCUT2D eigenvalue weighted by Gasteiger charge is -2.38. The van der Waals surface area contributed by atoms with Crippen molar-refractivity contribution in [1.82, 2.24) is 19.8 Å². The van der Waals surface area contributed by atoms with Crippen LogP contribution in [0.5, 0.6) is 0 Å². The van der Waals surface area contributed by atoms with Gasteiger partial charge in [0, 0.05) is 37.6 Å². The lowest BCUT2D eigenvalue weighted by molar-refractivity contribution is 0.117. The van der Waals surface area contributed by atoms with Gasteiger partial charge in [-0.2, -0.15) is 0 Å². The van der Waals surface area contributed by atoms with Gasteiger partial charge >= 0.3 is 0 Å². The first-order valence-corrected chi connectivity index (χ1v) is 7.30. The number of hydrogen-bond acceptors (Lipinski definition) is 3. The Balaban J connectivity index is 1.73. The molecular weight excluding hydrogens is 224 g/mol. The molecule has 100 valence electrons. The monoisotopic (exact) mass is 248 g/mol. The third-order valence-corrected chi connectivity index (χ3v) is 4.59. The normalized spacial score (nSPS) is 29.8. The van der Waals surface area contributed by atoms with Crippen molar-refractivity contribution in [3.63, 3.8) is 0 Å². The maximum Gasteiger partial charge on any atom is 0.122 e. The Labute approximate surface area is 109 Å². The molecule has 2 atom stereocenters. The molecule has 4 nitrogen and oxygen atoms in total. The minimum atomic E-state index is 0.661. The van der Waals surface area contributed by atoms with Gasteiger partial charge < -0.3 is 9.88 Å². The zero-order valence-electron chi connectivity index (χ0n) is 11.3. The maximum absolute atomic E-state index is 4.48. The van der Waals surface area contributed by atoms with E-state index >= 15 is 0 Å². The first-order chi connectivity index (χ1) is 8.88. The molecule has 2 unspecified atom stereocenters. The fourth-order valence-electron chi connectivity index (χ4n) is 3.54. The van der Waals surface area contributed by atoms with Gasteiger partial charge in [0.1, 0.15) is 5.82 Å². The average Bonchev–Trinajstić information content (AvgIpc) is 2.74. The lowest BCUT2D eigenvalue weighted by Crippen LogP contribution is -2.50. The molecule has 0 aromatic carbocycles. The third-order valence-electron chi connectivity index (χ3n) is 4.59. The molecule has 0 spiro atoms. The van der Waals surface area contributed by atoms with Gasteiger partial charge in [-0.3, -0.25) is 4.90 Å². The fraction of sp³-hybridized carbons (Fsp3) is 0.786. The van der Waals surface area contributed by atoms with Crippen LogP contribution in [-0.4, -0.2) is 40.1 Å². The van der Waals surface area contributed by atoms with Gasteiger partial charge in [0.05, 0.1) is 6.54 Å². The molecule has 1 aromatic rings. The van der Waals surface area contributed by atoms with Crippen molar-refractivity contribution in [2.24, 2.45) is 0 Å². The van der Waals surface area contributed by atoms with Crippen molar-refractivity contribution < 1.29 is 0 Å². The van der Waals surface area contributed by atoms with E-state index < -0.39 is 0 Å². The van der Waals surface area contributed by atoms with Crippen LogP contribution in [0.4, 0.5) is 0 Å². The van der Waals surface area contributed by atoms with Gasteiger partial charge in [-0.15, -0.1) is 0 Å². The van der Waals surface area contributed by atoms with E-state index in [2.05, 4.69) is 33.0 Å². The smallest absolute Gasteiger partial charge is 0.122 e. The standard InChI is InChI=1S/C14H24N4/c1-15-12-5-3-2-4-6-13(12)18-10-9-17-8-7-16-14(17)11-18/h7-8,12-13,15H,2-6,9-11H2,1H3. The highest BCUT2D eigenvalue weighted by molar-refractivity contribution is 4.98. The van der Waals surface area contributed by atoms with Crippen LogP contribution in [0, 0.1) is 0 Å². The number of nitrogens with one attached hydrogen (secondary N) is 1. The second-order valence-corrected chi connectivity index (χ2v) is 5.61. The summed E-state index contributed by atoms with van der Waals surface area (Å²) >= 11 is 0. The number of likely N-dealkylation sites (N-methyl/N-ethyl adjacent to an activating group) is 1. The molecule has 3 rings (SSSR count). The number of imidazole rings is 1. The van der Waals surface area contributed by atoms with Crippen LogP contribution in [0.1, 0.15) is 37.9 Å². The van der Waals surface area contributed by atoms with Gasteiger partial charge in [0.2, 0.25) is 0 Å². The van der Waals surface area contributed by atoms with Crippen LogP contribution >= 0.6 is 0 Å². The van der Waals surface area contributed by atoms with Crippen molar-refractivity contribution in [3.05, 3.63) is 18.2 Å². The average molecular weight is 248 g/mol. The molecule has 2 heterocycles. The summed E-state index contributed by atoms with van der Waals surface area (Å²) in [6.45, 7) is 3.30. The van der Waals surface area contributed by atoms with Crippen LogP contribution < -0.4 is 5.32 Å². The van der Waals surface area contributed by atoms with Crippen molar-refractivity contribution in [2.75, 3.05) is 13.6 Å². The van der Waals surface area contributed by atoms with Crippen LogP contribution in [0.25, 0.3) is 0 Å². The first kappa shape index (κ1) is 12.2. The van der Waals surface area contributed by atoms with Gasteiger partial charge in [0.25, 0.3) is 0 Å². The Kier molecular flexibility index (Phi) is 3.66. The van der Waals surface area contributed by atoms with Crippen LogP contribution in [0.2, 0.25) is 0 Å². The lowest BCUT2D eigenvalue weighted by atomic mass is 10.0. The predicted octanol–water partition coefficient (Wildman–Crippen LogP) is 1.62. The van der Waals surface area contributed by atoms with E-state index in [1.807, 2.05) is 6.20 Å². The zero-order valence-corrected chi connectivity index (χ0v) is 11.3. The summed E-state index contributed by atoms with van der Waals surface area (Å²) in [5, 5.41) is 3.54. The molecule has 1 aliphatic carbocycles. The fourth-order valence-corrected chi connectivity index (χ4v) is 3.54. The molecule has 0 bridgehead atoms. The van der Waals surface area contributed by atoms with Crippen LogP contribution in [-0.2, 0) is 13.1 Å². The van der Waals surface area contributed by atoms with Gasteiger partial charge in [-0.1, -0.05) is 19.3 Å². The maximum atomic E-state index is 4.48. The van der Waals surface area contributed by atoms with Crippen molar-refractivity contribution in [1.29, 1.82) is 0 Å². The summed E-state index contributed by atoms with van der Waals surface area (Å²) in [4.78, 5) is 7.12. The molecule has 0 saturated heterocycles. The minimum absolute atomic E-state index is 0.661. The topological polar surface area (TPSA) is 33.1 Å². The molecule has 1 aromatic heterocycles. The Bertz CT molecular complexity index is 387. The Morgan fingerprint density at radius 3 is 3.00 bits per heavy atom. The number of hydrogen-bond donors (Lipinski definition) is 1. The van der Waals surface area contributed by atoms with Crippen LogP contribution in [0.3, 0.4) is 0 Å². The van der Waals surface area contributed by atoms with Crippen LogP contribution in [0.15, 0.2) is 12.4 Å². The molecule has 4 heteroatoms. The second-order valence-electron chi connectivity index (χ2n) is 5.61. The Hall–Kier alpha value is -0.870. The predicted molar refractivity (Wildman–Crippen MR) is 72.4 cm³/mol. The summed E-state index contributed by atoms with van der Waals surface area (Å²) in [6.07, 6.45) is 10.9. The first-order valence-electron chi connectivity index (χ1n) is 7.30. The summed E-state index contributed by atoms with van der Waals surface area (Å²) in [5.41, 5.74) is 0. The third kappa shape index (κ3) is 2.31. The molecule has 1 fully saturated rings. The van der Waals surface area contributed by atoms with E-state index in [4.69, 9.17) is 0 Å². The highest BCUT2D eigenvalue weighted by atomic mass is 15.3. The highest BCUT2D eigenvalue weighted by Gasteiger charge is 2.30. The Morgan fingerprint density at radius 2 is 2.11 bits per heavy atom. The van der Waals surface area contributed by atoms with E-state index in [0.29, 0.717) is 12.1 Å². The summed E-state index contributed by atoms with van der Waals surface area (Å²) in [6, 6.07) is 1.36. The van der Waals surface area contributed by atoms with E-state index in [1.165, 1.54) is 44.5 Å². The quantitative estimate of drug-likeness (QED) is 0.807. The van der Waals surface area contributed by atoms with Gasteiger partial charge in [-0.05, 0) is 19.9 Å². The summed E-state index contributed by atoms with van der Waals surface area (Å²) < 4.78 is 2.29. The van der Waals surface area contributed by atoms with E-state index in [0.717, 1.165) is 13.1 Å². The SMILES string of the molecule is CNC1CCCCCC1N1CCn2ccnc2C1. The molecule has 1 saturated carbocycles. The van der Waals surface area contributed by atoms with E-state index in [-0.39, 0.29) is 0 Å². The number of fused-ring (bicyclic) bond motifs is 1. The van der Waals surface area contributed by atoms with E-state index in [9.17, 15) is 0 Å². The number of nitrogens with zero attached hydrogens (tertiary/aromatic N) is 3. The molecular formula is C14H24N4.